The molecule has 6 nitrogen and oxygen atoms in total. The summed E-state index contributed by atoms with van der Waals surface area (Å²) in [6, 6.07) is 26.4. The molecule has 0 aliphatic rings. The molecule has 208 valence electrons. The molecule has 0 aliphatic heterocycles. The molecular weight excluding hydrogens is 577 g/mol. The van der Waals surface area contributed by atoms with Crippen molar-refractivity contribution in [1.29, 1.82) is 0 Å². The van der Waals surface area contributed by atoms with Crippen LogP contribution >= 0.6 is 35.0 Å². The number of carbonyl (C=O) groups excluding carboxylic acids is 3. The van der Waals surface area contributed by atoms with E-state index in [1.165, 1.54) is 17.8 Å². The maximum absolute atomic E-state index is 13.4. The summed E-state index contributed by atoms with van der Waals surface area (Å²) in [5.74, 6) is -0.986. The van der Waals surface area contributed by atoms with Crippen LogP contribution in [0.15, 0.2) is 102 Å². The lowest BCUT2D eigenvalue weighted by Gasteiger charge is -2.13. The number of hydrogen-bond acceptors (Lipinski definition) is 4. The van der Waals surface area contributed by atoms with Crippen molar-refractivity contribution in [3.8, 4) is 0 Å². The molecule has 0 unspecified atom stereocenters. The first-order valence-electron chi connectivity index (χ1n) is 12.6. The first-order chi connectivity index (χ1) is 19.7. The van der Waals surface area contributed by atoms with Crippen molar-refractivity contribution in [2.45, 2.75) is 18.7 Å². The molecule has 0 heterocycles. The molecule has 4 aromatic rings. The minimum absolute atomic E-state index is 0.0420. The lowest BCUT2D eigenvalue weighted by atomic mass is 10.1. The van der Waals surface area contributed by atoms with Gasteiger partial charge in [-0.15, -0.1) is 11.8 Å². The Morgan fingerprint density at radius 1 is 0.756 bits per heavy atom. The third kappa shape index (κ3) is 8.47. The molecule has 0 fully saturated rings. The Kier molecular flexibility index (Phi) is 10.2. The van der Waals surface area contributed by atoms with E-state index in [1.54, 1.807) is 66.7 Å². The van der Waals surface area contributed by atoms with Crippen LogP contribution in [-0.4, -0.2) is 23.5 Å². The van der Waals surface area contributed by atoms with Gasteiger partial charge in [-0.3, -0.25) is 14.4 Å². The van der Waals surface area contributed by atoms with Crippen LogP contribution in [0.2, 0.25) is 10.0 Å². The summed E-state index contributed by atoms with van der Waals surface area (Å²) in [6.45, 7) is 4.01. The van der Waals surface area contributed by atoms with Crippen LogP contribution in [0, 0.1) is 13.8 Å². The molecule has 0 saturated heterocycles. The minimum atomic E-state index is -0.570. The van der Waals surface area contributed by atoms with Gasteiger partial charge in [0, 0.05) is 37.4 Å². The standard InChI is InChI=1S/C32H27Cl2N3O3S/c1-20-14-15-24(16-21(20)2)35-30(38)19-41-25-11-6-10-23(17-25)36-32(40)29(18-26-27(33)12-7-13-28(26)34)37-31(39)22-8-4-3-5-9-22/h3-18H,19H2,1-2H3,(H,35,38)(H,36,40)(H,37,39)/b29-18+. The Morgan fingerprint density at radius 2 is 1.44 bits per heavy atom. The predicted molar refractivity (Wildman–Crippen MR) is 169 cm³/mol. The minimum Gasteiger partial charge on any atom is -0.325 e. The summed E-state index contributed by atoms with van der Waals surface area (Å²) in [6.07, 6.45) is 1.44. The normalized spacial score (nSPS) is 11.1. The van der Waals surface area contributed by atoms with Gasteiger partial charge >= 0.3 is 0 Å². The second kappa shape index (κ2) is 14.0. The van der Waals surface area contributed by atoms with Crippen LogP contribution in [-0.2, 0) is 9.59 Å². The molecule has 9 heteroatoms. The van der Waals surface area contributed by atoms with Crippen LogP contribution < -0.4 is 16.0 Å². The number of hydrogen-bond donors (Lipinski definition) is 3. The molecular formula is C32H27Cl2N3O3S. The lowest BCUT2D eigenvalue weighted by Crippen LogP contribution is -2.30. The van der Waals surface area contributed by atoms with E-state index >= 15 is 0 Å². The lowest BCUT2D eigenvalue weighted by molar-refractivity contribution is -0.114. The average Bonchev–Trinajstić information content (AvgIpc) is 2.96. The van der Waals surface area contributed by atoms with Gasteiger partial charge in [0.2, 0.25) is 5.91 Å². The summed E-state index contributed by atoms with van der Waals surface area (Å²) in [5, 5.41) is 9.05. The maximum Gasteiger partial charge on any atom is 0.272 e. The molecule has 4 rings (SSSR count). The number of anilines is 2. The highest BCUT2D eigenvalue weighted by molar-refractivity contribution is 8.00. The van der Waals surface area contributed by atoms with Crippen LogP contribution in [0.1, 0.15) is 27.0 Å². The Morgan fingerprint density at radius 3 is 2.15 bits per heavy atom. The number of amides is 3. The third-order valence-corrected chi connectivity index (χ3v) is 7.72. The molecule has 3 N–H and O–H groups in total. The second-order valence-corrected chi connectivity index (χ2v) is 11.0. The molecule has 0 radical (unpaired) electrons. The van der Waals surface area contributed by atoms with E-state index in [0.717, 1.165) is 21.7 Å². The predicted octanol–water partition coefficient (Wildman–Crippen LogP) is 7.75. The number of carbonyl (C=O) groups is 3. The average molecular weight is 605 g/mol. The van der Waals surface area contributed by atoms with Gasteiger partial charge in [0.1, 0.15) is 5.70 Å². The first kappa shape index (κ1) is 29.9. The monoisotopic (exact) mass is 603 g/mol. The maximum atomic E-state index is 13.4. The number of benzene rings is 4. The molecule has 0 aliphatic carbocycles. The topological polar surface area (TPSA) is 87.3 Å². The van der Waals surface area contributed by atoms with Gasteiger partial charge in [0.05, 0.1) is 5.75 Å². The highest BCUT2D eigenvalue weighted by atomic mass is 35.5. The van der Waals surface area contributed by atoms with Crippen molar-refractivity contribution in [2.24, 2.45) is 0 Å². The number of thioether (sulfide) groups is 1. The van der Waals surface area contributed by atoms with Crippen molar-refractivity contribution >= 4 is 70.1 Å². The van der Waals surface area contributed by atoms with Crippen molar-refractivity contribution in [3.05, 3.63) is 129 Å². The van der Waals surface area contributed by atoms with Crippen LogP contribution in [0.4, 0.5) is 11.4 Å². The van der Waals surface area contributed by atoms with Crippen molar-refractivity contribution < 1.29 is 14.4 Å². The highest BCUT2D eigenvalue weighted by Crippen LogP contribution is 2.27. The highest BCUT2D eigenvalue weighted by Gasteiger charge is 2.17. The Balaban J connectivity index is 1.48. The Labute approximate surface area is 253 Å². The van der Waals surface area contributed by atoms with Gasteiger partial charge in [-0.1, -0.05) is 59.6 Å². The van der Waals surface area contributed by atoms with E-state index in [0.29, 0.717) is 26.9 Å². The van der Waals surface area contributed by atoms with Crippen LogP contribution in [0.3, 0.4) is 0 Å². The van der Waals surface area contributed by atoms with E-state index in [-0.39, 0.29) is 17.4 Å². The van der Waals surface area contributed by atoms with Gasteiger partial charge in [0.25, 0.3) is 11.8 Å². The zero-order valence-electron chi connectivity index (χ0n) is 22.3. The zero-order chi connectivity index (χ0) is 29.4. The van der Waals surface area contributed by atoms with E-state index in [4.69, 9.17) is 23.2 Å². The fourth-order valence-corrected chi connectivity index (χ4v) is 5.02. The number of halogens is 2. The van der Waals surface area contributed by atoms with E-state index < -0.39 is 11.8 Å². The van der Waals surface area contributed by atoms with Crippen molar-refractivity contribution in [2.75, 3.05) is 16.4 Å². The number of nitrogens with one attached hydrogen (secondary N) is 3. The van der Waals surface area contributed by atoms with Crippen LogP contribution in [0.25, 0.3) is 6.08 Å². The van der Waals surface area contributed by atoms with E-state index in [2.05, 4.69) is 16.0 Å². The quantitative estimate of drug-likeness (QED) is 0.135. The molecule has 0 bridgehead atoms. The molecule has 0 atom stereocenters. The van der Waals surface area contributed by atoms with E-state index in [9.17, 15) is 14.4 Å². The molecule has 4 aromatic carbocycles. The van der Waals surface area contributed by atoms with Gasteiger partial charge in [-0.2, -0.15) is 0 Å². The summed E-state index contributed by atoms with van der Waals surface area (Å²) >= 11 is 14.0. The molecule has 0 aromatic heterocycles. The molecule has 0 spiro atoms. The first-order valence-corrected chi connectivity index (χ1v) is 14.4. The van der Waals surface area contributed by atoms with Crippen LogP contribution in [0.5, 0.6) is 0 Å². The fourth-order valence-electron chi connectivity index (χ4n) is 3.76. The Hall–Kier alpha value is -4.04. The SMILES string of the molecule is Cc1ccc(NC(=O)CSc2cccc(NC(=O)/C(=C\c3c(Cl)cccc3Cl)NC(=O)c3ccccc3)c2)cc1C. The molecule has 0 saturated carbocycles. The van der Waals surface area contributed by atoms with Gasteiger partial charge < -0.3 is 16.0 Å². The fraction of sp³-hybridized carbons (Fsp3) is 0.0938. The Bertz CT molecular complexity index is 1600. The largest absolute Gasteiger partial charge is 0.325 e. The summed E-state index contributed by atoms with van der Waals surface area (Å²) in [7, 11) is 0. The number of aryl methyl sites for hydroxylation is 2. The van der Waals surface area contributed by atoms with Crippen molar-refractivity contribution in [3.63, 3.8) is 0 Å². The van der Waals surface area contributed by atoms with Gasteiger partial charge in [-0.05, 0) is 85.6 Å². The molecule has 41 heavy (non-hydrogen) atoms. The summed E-state index contributed by atoms with van der Waals surface area (Å²) < 4.78 is 0. The summed E-state index contributed by atoms with van der Waals surface area (Å²) in [4.78, 5) is 39.6. The van der Waals surface area contributed by atoms with Crippen molar-refractivity contribution in [1.82, 2.24) is 5.32 Å². The van der Waals surface area contributed by atoms with E-state index in [1.807, 2.05) is 38.1 Å². The smallest absolute Gasteiger partial charge is 0.272 e. The zero-order valence-corrected chi connectivity index (χ0v) is 24.7. The second-order valence-electron chi connectivity index (χ2n) is 9.13. The summed E-state index contributed by atoms with van der Waals surface area (Å²) in [5.41, 5.74) is 4.23. The van der Waals surface area contributed by atoms with Gasteiger partial charge in [0.15, 0.2) is 0 Å². The molecule has 3 amide bonds. The van der Waals surface area contributed by atoms with Gasteiger partial charge in [-0.25, -0.2) is 0 Å². The third-order valence-electron chi connectivity index (χ3n) is 6.07. The number of rotatable bonds is 9.